The Labute approximate surface area is 104 Å². The van der Waals surface area contributed by atoms with Gasteiger partial charge < -0.3 is 0 Å². The molecule has 2 aliphatic carbocycles. The van der Waals surface area contributed by atoms with Crippen molar-refractivity contribution in [3.8, 4) is 0 Å². The fourth-order valence-corrected chi connectivity index (χ4v) is 3.62. The van der Waals surface area contributed by atoms with Gasteiger partial charge in [0.05, 0.1) is 0 Å². The fourth-order valence-electron chi connectivity index (χ4n) is 3.62. The van der Waals surface area contributed by atoms with Crippen LogP contribution < -0.4 is 0 Å². The summed E-state index contributed by atoms with van der Waals surface area (Å²) in [6.07, 6.45) is 4.09. The normalized spacial score (nSPS) is 38.7. The van der Waals surface area contributed by atoms with Crippen molar-refractivity contribution in [2.75, 3.05) is 0 Å². The molecule has 0 saturated heterocycles. The fraction of sp³-hybridized carbons (Fsp3) is 0.867. The van der Waals surface area contributed by atoms with Crippen molar-refractivity contribution < 1.29 is 9.59 Å². The summed E-state index contributed by atoms with van der Waals surface area (Å²) in [6, 6.07) is 0. The van der Waals surface area contributed by atoms with Crippen LogP contribution in [-0.4, -0.2) is 11.6 Å². The van der Waals surface area contributed by atoms with Gasteiger partial charge in [0.25, 0.3) is 0 Å². The first-order valence-electron chi connectivity index (χ1n) is 6.89. The Kier molecular flexibility index (Phi) is 2.95. The van der Waals surface area contributed by atoms with E-state index in [0.29, 0.717) is 24.5 Å². The third-order valence-corrected chi connectivity index (χ3v) is 5.28. The number of ketones is 2. The van der Waals surface area contributed by atoms with E-state index in [-0.39, 0.29) is 22.5 Å². The molecule has 0 N–H and O–H groups in total. The minimum atomic E-state index is -0.222. The van der Waals surface area contributed by atoms with Crippen LogP contribution in [0.4, 0.5) is 0 Å². The number of Topliss-reactive ketones (excluding diaryl/α,β-unsaturated/α-hetero) is 2. The highest BCUT2D eigenvalue weighted by atomic mass is 16.1. The molecule has 2 rings (SSSR count). The second-order valence-corrected chi connectivity index (χ2v) is 6.76. The molecule has 0 bridgehead atoms. The zero-order valence-electron chi connectivity index (χ0n) is 11.5. The van der Waals surface area contributed by atoms with E-state index in [1.54, 1.807) is 0 Å². The minimum absolute atomic E-state index is 0.222. The molecule has 96 valence electrons. The number of hydrogen-bond donors (Lipinski definition) is 0. The maximum atomic E-state index is 12.5. The Hall–Kier alpha value is -0.660. The lowest BCUT2D eigenvalue weighted by atomic mass is 9.71. The molecule has 3 atom stereocenters. The van der Waals surface area contributed by atoms with Crippen molar-refractivity contribution in [2.45, 2.75) is 59.8 Å². The molecular weight excluding hydrogens is 212 g/mol. The van der Waals surface area contributed by atoms with Gasteiger partial charge in [-0.25, -0.2) is 0 Å². The van der Waals surface area contributed by atoms with Gasteiger partial charge in [-0.3, -0.25) is 9.59 Å². The monoisotopic (exact) mass is 236 g/mol. The Morgan fingerprint density at radius 2 is 2.00 bits per heavy atom. The summed E-state index contributed by atoms with van der Waals surface area (Å²) in [5.74, 6) is 1.61. The van der Waals surface area contributed by atoms with Gasteiger partial charge >= 0.3 is 0 Å². The summed E-state index contributed by atoms with van der Waals surface area (Å²) in [7, 11) is 0. The summed E-state index contributed by atoms with van der Waals surface area (Å²) in [5.41, 5.74) is 0.00335. The van der Waals surface area contributed by atoms with Gasteiger partial charge in [-0.2, -0.15) is 0 Å². The number of carbonyl (C=O) groups excluding carboxylic acids is 2. The maximum absolute atomic E-state index is 12.5. The average Bonchev–Trinajstić information content (AvgIpc) is 2.84. The SMILES string of the molecule is CCC(=O)CC[C@]1(C)CC[C@@H]2[C@H](C1=O)C2(C)C. The summed E-state index contributed by atoms with van der Waals surface area (Å²) in [5, 5.41) is 0. The van der Waals surface area contributed by atoms with Crippen LogP contribution in [0.25, 0.3) is 0 Å². The lowest BCUT2D eigenvalue weighted by Gasteiger charge is -2.31. The first kappa shape index (κ1) is 12.8. The highest BCUT2D eigenvalue weighted by Gasteiger charge is 2.66. The van der Waals surface area contributed by atoms with Crippen LogP contribution in [0.15, 0.2) is 0 Å². The molecule has 2 aliphatic rings. The molecule has 2 heteroatoms. The second-order valence-electron chi connectivity index (χ2n) is 6.76. The van der Waals surface area contributed by atoms with Crippen molar-refractivity contribution in [2.24, 2.45) is 22.7 Å². The van der Waals surface area contributed by atoms with Crippen LogP contribution in [0.2, 0.25) is 0 Å². The van der Waals surface area contributed by atoms with E-state index in [1.165, 1.54) is 6.42 Å². The quantitative estimate of drug-likeness (QED) is 0.749. The third kappa shape index (κ3) is 1.96. The van der Waals surface area contributed by atoms with E-state index >= 15 is 0 Å². The lowest BCUT2D eigenvalue weighted by molar-refractivity contribution is -0.133. The molecule has 2 fully saturated rings. The summed E-state index contributed by atoms with van der Waals surface area (Å²) < 4.78 is 0. The first-order valence-corrected chi connectivity index (χ1v) is 6.89. The molecule has 0 aliphatic heterocycles. The van der Waals surface area contributed by atoms with Gasteiger partial charge in [0.15, 0.2) is 0 Å². The molecule has 2 saturated carbocycles. The molecule has 0 unspecified atom stereocenters. The smallest absolute Gasteiger partial charge is 0.142 e. The molecule has 0 heterocycles. The van der Waals surface area contributed by atoms with Crippen LogP contribution in [0.1, 0.15) is 59.8 Å². The Bertz CT molecular complexity index is 356. The summed E-state index contributed by atoms with van der Waals surface area (Å²) >= 11 is 0. The molecular formula is C15H24O2. The topological polar surface area (TPSA) is 34.1 Å². The van der Waals surface area contributed by atoms with Crippen molar-refractivity contribution >= 4 is 11.6 Å². The standard InChI is InChI=1S/C15H24O2/c1-5-10(16)6-8-15(4)9-7-11-12(13(15)17)14(11,2)3/h11-12H,5-9H2,1-4H3/t11-,12-,15-/m1/s1. The third-order valence-electron chi connectivity index (χ3n) is 5.28. The van der Waals surface area contributed by atoms with Crippen LogP contribution in [0.3, 0.4) is 0 Å². The Morgan fingerprint density at radius 3 is 2.59 bits per heavy atom. The summed E-state index contributed by atoms with van der Waals surface area (Å²) in [6.45, 7) is 8.39. The van der Waals surface area contributed by atoms with E-state index in [9.17, 15) is 9.59 Å². The van der Waals surface area contributed by atoms with E-state index in [4.69, 9.17) is 0 Å². The van der Waals surface area contributed by atoms with Crippen LogP contribution in [0, 0.1) is 22.7 Å². The van der Waals surface area contributed by atoms with E-state index in [0.717, 1.165) is 12.8 Å². The van der Waals surface area contributed by atoms with Gasteiger partial charge in [0.2, 0.25) is 0 Å². The van der Waals surface area contributed by atoms with Gasteiger partial charge in [-0.1, -0.05) is 27.7 Å². The van der Waals surface area contributed by atoms with Crippen LogP contribution in [0.5, 0.6) is 0 Å². The Morgan fingerprint density at radius 1 is 1.35 bits per heavy atom. The predicted octanol–water partition coefficient (Wildman–Crippen LogP) is 3.39. The van der Waals surface area contributed by atoms with Gasteiger partial charge in [-0.05, 0) is 30.6 Å². The molecule has 0 aromatic rings. The maximum Gasteiger partial charge on any atom is 0.142 e. The summed E-state index contributed by atoms with van der Waals surface area (Å²) in [4.78, 5) is 23.9. The molecule has 0 amide bonds. The van der Waals surface area contributed by atoms with Crippen LogP contribution in [-0.2, 0) is 9.59 Å². The highest BCUT2D eigenvalue weighted by molar-refractivity contribution is 5.92. The van der Waals surface area contributed by atoms with E-state index in [1.807, 2.05) is 6.92 Å². The first-order chi connectivity index (χ1) is 7.83. The van der Waals surface area contributed by atoms with Crippen molar-refractivity contribution in [1.29, 1.82) is 0 Å². The number of hydrogen-bond acceptors (Lipinski definition) is 2. The minimum Gasteiger partial charge on any atom is -0.300 e. The second kappa shape index (κ2) is 3.93. The molecule has 2 nitrogen and oxygen atoms in total. The highest BCUT2D eigenvalue weighted by Crippen LogP contribution is 2.66. The predicted molar refractivity (Wildman–Crippen MR) is 67.6 cm³/mol. The zero-order valence-corrected chi connectivity index (χ0v) is 11.5. The molecule has 0 spiro atoms. The van der Waals surface area contributed by atoms with E-state index < -0.39 is 0 Å². The molecule has 0 radical (unpaired) electrons. The van der Waals surface area contributed by atoms with Crippen LogP contribution >= 0.6 is 0 Å². The number of rotatable bonds is 4. The molecule has 17 heavy (non-hydrogen) atoms. The largest absolute Gasteiger partial charge is 0.300 e. The van der Waals surface area contributed by atoms with Crippen molar-refractivity contribution in [3.05, 3.63) is 0 Å². The zero-order chi connectivity index (χ0) is 12.8. The van der Waals surface area contributed by atoms with Gasteiger partial charge in [0.1, 0.15) is 11.6 Å². The number of carbonyl (C=O) groups is 2. The molecule has 0 aromatic carbocycles. The van der Waals surface area contributed by atoms with Gasteiger partial charge in [0, 0.05) is 24.2 Å². The Balaban J connectivity index is 2.02. The van der Waals surface area contributed by atoms with Crippen molar-refractivity contribution in [3.63, 3.8) is 0 Å². The van der Waals surface area contributed by atoms with E-state index in [2.05, 4.69) is 20.8 Å². The number of fused-ring (bicyclic) bond motifs is 1. The average molecular weight is 236 g/mol. The van der Waals surface area contributed by atoms with Gasteiger partial charge in [-0.15, -0.1) is 0 Å². The van der Waals surface area contributed by atoms with Crippen molar-refractivity contribution in [1.82, 2.24) is 0 Å². The molecule has 0 aromatic heterocycles. The lowest BCUT2D eigenvalue weighted by Crippen LogP contribution is -2.34.